The van der Waals surface area contributed by atoms with E-state index in [1.807, 2.05) is 0 Å². The number of fused-ring (bicyclic) bond motifs is 1. The normalized spacial score (nSPS) is 35.9. The topological polar surface area (TPSA) is 193 Å². The Labute approximate surface area is 130 Å². The third-order valence-electron chi connectivity index (χ3n) is 4.67. The summed E-state index contributed by atoms with van der Waals surface area (Å²) in [5.41, 5.74) is 8.69. The minimum atomic E-state index is -1.87. The van der Waals surface area contributed by atoms with Gasteiger partial charge in [-0.3, -0.25) is 14.4 Å². The Balaban J connectivity index is 2.14. The van der Waals surface area contributed by atoms with E-state index in [2.05, 4.69) is 5.32 Å². The molecule has 23 heavy (non-hydrogen) atoms. The van der Waals surface area contributed by atoms with Crippen molar-refractivity contribution in [3.63, 3.8) is 0 Å². The summed E-state index contributed by atoms with van der Waals surface area (Å²) in [4.78, 5) is 45.6. The number of aliphatic hydroxyl groups is 1. The average Bonchev–Trinajstić information content (AvgIpc) is 3.13. The Kier molecular flexibility index (Phi) is 4.31. The predicted molar refractivity (Wildman–Crippen MR) is 73.6 cm³/mol. The second-order valence-corrected chi connectivity index (χ2v) is 6.12. The highest BCUT2D eigenvalue weighted by molar-refractivity contribution is 5.92. The SMILES string of the molecule is NC(=O)CC[C@H](N)C(=O)N[C@@]1(C(=O)O)C[C@H](O)[C@H]2[C@H](C(=O)O)[C@H]21. The van der Waals surface area contributed by atoms with Gasteiger partial charge in [-0.05, 0) is 6.42 Å². The predicted octanol–water partition coefficient (Wildman–Crippen LogP) is -2.77. The number of primary amides is 1. The Morgan fingerprint density at radius 3 is 2.30 bits per heavy atom. The van der Waals surface area contributed by atoms with Gasteiger partial charge in [-0.1, -0.05) is 0 Å². The quantitative estimate of drug-likeness (QED) is 0.289. The van der Waals surface area contributed by atoms with Gasteiger partial charge in [0, 0.05) is 24.7 Å². The number of carbonyl (C=O) groups excluding carboxylic acids is 2. The molecule has 2 rings (SSSR count). The van der Waals surface area contributed by atoms with Crippen molar-refractivity contribution in [1.82, 2.24) is 5.32 Å². The fraction of sp³-hybridized carbons (Fsp3) is 0.692. The first-order chi connectivity index (χ1) is 10.6. The second kappa shape index (κ2) is 5.78. The molecular weight excluding hydrogens is 310 g/mol. The average molecular weight is 329 g/mol. The molecule has 10 heteroatoms. The minimum absolute atomic E-state index is 0.0596. The first-order valence-corrected chi connectivity index (χ1v) is 7.12. The maximum absolute atomic E-state index is 12.1. The van der Waals surface area contributed by atoms with Crippen molar-refractivity contribution < 1.29 is 34.5 Å². The van der Waals surface area contributed by atoms with E-state index in [-0.39, 0.29) is 19.3 Å². The molecule has 2 aliphatic rings. The van der Waals surface area contributed by atoms with Gasteiger partial charge in [-0.15, -0.1) is 0 Å². The molecule has 0 aromatic carbocycles. The summed E-state index contributed by atoms with van der Waals surface area (Å²) in [6.07, 6.45) is -1.61. The van der Waals surface area contributed by atoms with E-state index >= 15 is 0 Å². The van der Waals surface area contributed by atoms with Crippen molar-refractivity contribution >= 4 is 23.8 Å². The number of aliphatic hydroxyl groups excluding tert-OH is 1. The summed E-state index contributed by atoms with van der Waals surface area (Å²) in [6.45, 7) is 0. The molecule has 6 atom stereocenters. The first kappa shape index (κ1) is 17.2. The van der Waals surface area contributed by atoms with Gasteiger partial charge in [0.15, 0.2) is 0 Å². The van der Waals surface area contributed by atoms with Gasteiger partial charge in [-0.2, -0.15) is 0 Å². The Morgan fingerprint density at radius 2 is 1.87 bits per heavy atom. The van der Waals surface area contributed by atoms with E-state index in [1.165, 1.54) is 0 Å². The summed E-state index contributed by atoms with van der Waals surface area (Å²) >= 11 is 0. The van der Waals surface area contributed by atoms with Crippen molar-refractivity contribution in [2.45, 2.75) is 36.9 Å². The number of aliphatic carboxylic acids is 2. The number of carbonyl (C=O) groups is 4. The highest BCUT2D eigenvalue weighted by Gasteiger charge is 2.75. The molecule has 0 unspecified atom stereocenters. The molecule has 2 aliphatic carbocycles. The number of carboxylic acids is 2. The second-order valence-electron chi connectivity index (χ2n) is 6.12. The number of carboxylic acid groups (broad SMARTS) is 2. The number of nitrogens with one attached hydrogen (secondary N) is 1. The maximum Gasteiger partial charge on any atom is 0.329 e. The van der Waals surface area contributed by atoms with Crippen LogP contribution in [0, 0.1) is 17.8 Å². The molecule has 0 aromatic heterocycles. The van der Waals surface area contributed by atoms with Crippen LogP contribution in [0.1, 0.15) is 19.3 Å². The van der Waals surface area contributed by atoms with Gasteiger partial charge >= 0.3 is 11.9 Å². The van der Waals surface area contributed by atoms with Crippen molar-refractivity contribution in [1.29, 1.82) is 0 Å². The zero-order valence-corrected chi connectivity index (χ0v) is 12.1. The van der Waals surface area contributed by atoms with Crippen LogP contribution in [0.15, 0.2) is 0 Å². The van der Waals surface area contributed by atoms with Crippen molar-refractivity contribution in [3.05, 3.63) is 0 Å². The summed E-state index contributed by atoms with van der Waals surface area (Å²) < 4.78 is 0. The van der Waals surface area contributed by atoms with Crippen LogP contribution in [-0.2, 0) is 19.2 Å². The van der Waals surface area contributed by atoms with Crippen LogP contribution in [0.5, 0.6) is 0 Å². The number of nitrogens with two attached hydrogens (primary N) is 2. The van der Waals surface area contributed by atoms with Crippen LogP contribution in [-0.4, -0.2) is 56.8 Å². The van der Waals surface area contributed by atoms with Crippen molar-refractivity contribution in [2.75, 3.05) is 0 Å². The Bertz CT molecular complexity index is 566. The van der Waals surface area contributed by atoms with Crippen LogP contribution < -0.4 is 16.8 Å². The lowest BCUT2D eigenvalue weighted by Gasteiger charge is -2.30. The molecule has 2 fully saturated rings. The number of hydrogen-bond acceptors (Lipinski definition) is 6. The van der Waals surface area contributed by atoms with E-state index in [9.17, 15) is 29.4 Å². The zero-order valence-electron chi connectivity index (χ0n) is 12.1. The molecule has 8 N–H and O–H groups in total. The van der Waals surface area contributed by atoms with Crippen LogP contribution in [0.3, 0.4) is 0 Å². The molecular formula is C13H19N3O7. The van der Waals surface area contributed by atoms with Crippen LogP contribution >= 0.6 is 0 Å². The summed E-state index contributed by atoms with van der Waals surface area (Å²) in [7, 11) is 0. The molecule has 0 aromatic rings. The molecule has 0 aliphatic heterocycles. The lowest BCUT2D eigenvalue weighted by molar-refractivity contribution is -0.151. The zero-order chi connectivity index (χ0) is 17.5. The maximum atomic E-state index is 12.1. The fourth-order valence-electron chi connectivity index (χ4n) is 3.53. The van der Waals surface area contributed by atoms with Gasteiger partial charge in [-0.25, -0.2) is 4.79 Å². The highest BCUT2D eigenvalue weighted by Crippen LogP contribution is 2.62. The molecule has 0 radical (unpaired) electrons. The summed E-state index contributed by atoms with van der Waals surface area (Å²) in [5, 5.41) is 30.8. The van der Waals surface area contributed by atoms with Gasteiger partial charge in [0.25, 0.3) is 0 Å². The van der Waals surface area contributed by atoms with Crippen LogP contribution in [0.25, 0.3) is 0 Å². The highest BCUT2D eigenvalue weighted by atomic mass is 16.4. The molecule has 0 spiro atoms. The van der Waals surface area contributed by atoms with E-state index < -0.39 is 59.2 Å². The molecule has 2 saturated carbocycles. The van der Waals surface area contributed by atoms with Crippen molar-refractivity contribution in [3.8, 4) is 0 Å². The largest absolute Gasteiger partial charge is 0.481 e. The van der Waals surface area contributed by atoms with Crippen LogP contribution in [0.4, 0.5) is 0 Å². The summed E-state index contributed by atoms with van der Waals surface area (Å²) in [5.74, 6) is -6.70. The van der Waals surface area contributed by atoms with E-state index in [0.29, 0.717) is 0 Å². The molecule has 0 bridgehead atoms. The fourth-order valence-corrected chi connectivity index (χ4v) is 3.53. The first-order valence-electron chi connectivity index (χ1n) is 7.12. The number of amides is 2. The molecule has 10 nitrogen and oxygen atoms in total. The van der Waals surface area contributed by atoms with E-state index in [4.69, 9.17) is 16.6 Å². The van der Waals surface area contributed by atoms with Gasteiger partial charge in [0.05, 0.1) is 18.1 Å². The van der Waals surface area contributed by atoms with E-state index in [1.54, 1.807) is 0 Å². The van der Waals surface area contributed by atoms with Crippen LogP contribution in [0.2, 0.25) is 0 Å². The number of hydrogen-bond donors (Lipinski definition) is 6. The third-order valence-corrected chi connectivity index (χ3v) is 4.67. The molecule has 128 valence electrons. The lowest BCUT2D eigenvalue weighted by Crippen LogP contribution is -2.60. The summed E-state index contributed by atoms with van der Waals surface area (Å²) in [6, 6.07) is -1.16. The third kappa shape index (κ3) is 2.86. The van der Waals surface area contributed by atoms with Gasteiger partial charge < -0.3 is 32.1 Å². The van der Waals surface area contributed by atoms with E-state index in [0.717, 1.165) is 0 Å². The monoisotopic (exact) mass is 329 g/mol. The standard InChI is InChI=1S/C13H19N3O7/c14-4(1-2-6(15)18)10(19)16-13(12(22)23)3-5(17)7-8(9(7)13)11(20)21/h4-5,7-9,17H,1-3,14H2,(H2,15,18)(H,16,19)(H,20,21)(H,22,23)/t4-,5-,7-,8-,9-,13-/m0/s1. The van der Waals surface area contributed by atoms with Gasteiger partial charge in [0.2, 0.25) is 11.8 Å². The lowest BCUT2D eigenvalue weighted by atomic mass is 9.89. The molecule has 0 saturated heterocycles. The van der Waals surface area contributed by atoms with Gasteiger partial charge in [0.1, 0.15) is 5.54 Å². The Morgan fingerprint density at radius 1 is 1.26 bits per heavy atom. The van der Waals surface area contributed by atoms with Crippen molar-refractivity contribution in [2.24, 2.45) is 29.2 Å². The smallest absolute Gasteiger partial charge is 0.329 e. The minimum Gasteiger partial charge on any atom is -0.481 e. The number of rotatable bonds is 7. The Hall–Kier alpha value is -2.20. The molecule has 0 heterocycles. The molecule has 2 amide bonds.